The van der Waals surface area contributed by atoms with Crippen molar-refractivity contribution in [3.8, 4) is 0 Å². The Balaban J connectivity index is 1.27. The fourth-order valence-electron chi connectivity index (χ4n) is 2.32. The first-order valence-corrected chi connectivity index (χ1v) is 8.34. The molecule has 2 aliphatic carbocycles. The first-order valence-electron chi connectivity index (χ1n) is 8.34. The molecule has 0 aromatic heterocycles. The Morgan fingerprint density at radius 2 is 1.79 bits per heavy atom. The molecule has 19 heavy (non-hydrogen) atoms. The Morgan fingerprint density at radius 3 is 2.53 bits per heavy atom. The molecule has 2 rings (SSSR count). The molecule has 0 spiro atoms. The summed E-state index contributed by atoms with van der Waals surface area (Å²) in [7, 11) is 2.22. The molecule has 3 heteroatoms. The molecular weight excluding hydrogens is 236 g/mol. The lowest BCUT2D eigenvalue weighted by molar-refractivity contribution is 0.103. The van der Waals surface area contributed by atoms with E-state index in [1.54, 1.807) is 0 Å². The van der Waals surface area contributed by atoms with Gasteiger partial charge in [-0.05, 0) is 64.6 Å². The molecule has 0 aromatic rings. The van der Waals surface area contributed by atoms with E-state index in [1.165, 1.54) is 64.5 Å². The maximum atomic E-state index is 5.67. The van der Waals surface area contributed by atoms with Gasteiger partial charge in [-0.25, -0.2) is 0 Å². The van der Waals surface area contributed by atoms with Crippen LogP contribution < -0.4 is 5.32 Å². The molecule has 0 unspecified atom stereocenters. The van der Waals surface area contributed by atoms with E-state index in [0.29, 0.717) is 0 Å². The summed E-state index contributed by atoms with van der Waals surface area (Å²) in [5.41, 5.74) is 0. The summed E-state index contributed by atoms with van der Waals surface area (Å²) in [4.78, 5) is 2.41. The quantitative estimate of drug-likeness (QED) is 0.520. The zero-order chi connectivity index (χ0) is 13.3. The van der Waals surface area contributed by atoms with E-state index < -0.39 is 0 Å². The highest BCUT2D eigenvalue weighted by Crippen LogP contribution is 2.28. The van der Waals surface area contributed by atoms with Crippen LogP contribution >= 0.6 is 0 Å². The van der Waals surface area contributed by atoms with Crippen molar-refractivity contribution in [1.82, 2.24) is 10.2 Å². The Kier molecular flexibility index (Phi) is 7.18. The van der Waals surface area contributed by atoms with Gasteiger partial charge in [0.2, 0.25) is 0 Å². The molecule has 2 saturated carbocycles. The molecule has 2 fully saturated rings. The lowest BCUT2D eigenvalue weighted by Crippen LogP contribution is -2.24. The van der Waals surface area contributed by atoms with Crippen LogP contribution in [0.25, 0.3) is 0 Å². The maximum absolute atomic E-state index is 5.67. The first-order chi connectivity index (χ1) is 9.34. The van der Waals surface area contributed by atoms with Crippen molar-refractivity contribution in [3.05, 3.63) is 0 Å². The summed E-state index contributed by atoms with van der Waals surface area (Å²) in [6, 6.07) is 0.877. The number of nitrogens with one attached hydrogen (secondary N) is 1. The minimum absolute atomic E-state index is 0.877. The van der Waals surface area contributed by atoms with Crippen LogP contribution in [0.3, 0.4) is 0 Å². The van der Waals surface area contributed by atoms with Gasteiger partial charge in [0.25, 0.3) is 0 Å². The zero-order valence-corrected chi connectivity index (χ0v) is 12.7. The number of nitrogens with zero attached hydrogens (tertiary/aromatic N) is 1. The largest absolute Gasteiger partial charge is 0.380 e. The van der Waals surface area contributed by atoms with Gasteiger partial charge in [0.05, 0.1) is 6.61 Å². The second-order valence-electron chi connectivity index (χ2n) is 6.46. The minimum Gasteiger partial charge on any atom is -0.380 e. The average molecular weight is 268 g/mol. The van der Waals surface area contributed by atoms with Crippen LogP contribution in [-0.4, -0.2) is 50.8 Å². The van der Waals surface area contributed by atoms with Crippen LogP contribution in [0.5, 0.6) is 0 Å². The molecule has 0 atom stereocenters. The number of rotatable bonds is 13. The Labute approximate surface area is 119 Å². The van der Waals surface area contributed by atoms with Crippen LogP contribution in [-0.2, 0) is 4.74 Å². The Bertz CT molecular complexity index is 227. The highest BCUT2D eigenvalue weighted by atomic mass is 16.5. The van der Waals surface area contributed by atoms with Gasteiger partial charge >= 0.3 is 0 Å². The molecule has 0 radical (unpaired) electrons. The zero-order valence-electron chi connectivity index (χ0n) is 12.7. The maximum Gasteiger partial charge on any atom is 0.0593 e. The van der Waals surface area contributed by atoms with Crippen LogP contribution in [0.2, 0.25) is 0 Å². The van der Waals surface area contributed by atoms with Crippen molar-refractivity contribution >= 4 is 0 Å². The molecule has 0 heterocycles. The number of ether oxygens (including phenoxy) is 1. The van der Waals surface area contributed by atoms with Crippen LogP contribution in [0.15, 0.2) is 0 Å². The van der Waals surface area contributed by atoms with Crippen molar-refractivity contribution in [2.75, 3.05) is 39.9 Å². The van der Waals surface area contributed by atoms with Crippen LogP contribution in [0, 0.1) is 5.92 Å². The summed E-state index contributed by atoms with van der Waals surface area (Å²) < 4.78 is 5.67. The van der Waals surface area contributed by atoms with E-state index in [9.17, 15) is 0 Å². The summed E-state index contributed by atoms with van der Waals surface area (Å²) >= 11 is 0. The molecule has 0 aliphatic heterocycles. The van der Waals surface area contributed by atoms with Crippen molar-refractivity contribution < 1.29 is 4.74 Å². The highest BCUT2D eigenvalue weighted by molar-refractivity contribution is 4.80. The molecule has 2 aliphatic rings. The molecule has 112 valence electrons. The van der Waals surface area contributed by atoms with E-state index in [2.05, 4.69) is 17.3 Å². The topological polar surface area (TPSA) is 24.5 Å². The van der Waals surface area contributed by atoms with E-state index in [0.717, 1.165) is 31.7 Å². The molecule has 0 saturated heterocycles. The van der Waals surface area contributed by atoms with Crippen molar-refractivity contribution in [2.45, 2.75) is 57.4 Å². The van der Waals surface area contributed by atoms with Gasteiger partial charge in [0.15, 0.2) is 0 Å². The van der Waals surface area contributed by atoms with Gasteiger partial charge in [-0.15, -0.1) is 0 Å². The van der Waals surface area contributed by atoms with Gasteiger partial charge in [-0.2, -0.15) is 0 Å². The third-order valence-electron chi connectivity index (χ3n) is 4.14. The van der Waals surface area contributed by atoms with E-state index >= 15 is 0 Å². The third-order valence-corrected chi connectivity index (χ3v) is 4.14. The van der Waals surface area contributed by atoms with Gasteiger partial charge in [0, 0.05) is 19.2 Å². The SMILES string of the molecule is CN(CCCCCCNC1CC1)CCOCC1CC1. The van der Waals surface area contributed by atoms with Crippen LogP contribution in [0.1, 0.15) is 51.4 Å². The molecule has 0 bridgehead atoms. The van der Waals surface area contributed by atoms with E-state index in [1.807, 2.05) is 0 Å². The number of hydrogen-bond acceptors (Lipinski definition) is 3. The number of likely N-dealkylation sites (N-methyl/N-ethyl adjacent to an activating group) is 1. The van der Waals surface area contributed by atoms with E-state index in [-0.39, 0.29) is 0 Å². The molecule has 0 amide bonds. The van der Waals surface area contributed by atoms with Crippen molar-refractivity contribution in [2.24, 2.45) is 5.92 Å². The molecule has 1 N–H and O–H groups in total. The smallest absolute Gasteiger partial charge is 0.0593 e. The normalized spacial score (nSPS) is 19.3. The number of unbranched alkanes of at least 4 members (excludes halogenated alkanes) is 3. The summed E-state index contributed by atoms with van der Waals surface area (Å²) in [5, 5.41) is 3.58. The molecular formula is C16H32N2O. The predicted molar refractivity (Wildman–Crippen MR) is 80.5 cm³/mol. The lowest BCUT2D eigenvalue weighted by atomic mass is 10.2. The summed E-state index contributed by atoms with van der Waals surface area (Å²) in [6.45, 7) is 5.47. The average Bonchev–Trinajstić information content (AvgIpc) is 3.26. The number of hydrogen-bond donors (Lipinski definition) is 1. The minimum atomic E-state index is 0.877. The van der Waals surface area contributed by atoms with Gasteiger partial charge in [0.1, 0.15) is 0 Å². The third kappa shape index (κ3) is 8.61. The summed E-state index contributed by atoms with van der Waals surface area (Å²) in [5.74, 6) is 0.898. The van der Waals surface area contributed by atoms with Gasteiger partial charge in [-0.3, -0.25) is 0 Å². The first kappa shape index (κ1) is 15.3. The van der Waals surface area contributed by atoms with Gasteiger partial charge < -0.3 is 15.0 Å². The summed E-state index contributed by atoms with van der Waals surface area (Å²) in [6.07, 6.45) is 11.1. The van der Waals surface area contributed by atoms with Crippen molar-refractivity contribution in [1.29, 1.82) is 0 Å². The van der Waals surface area contributed by atoms with Crippen LogP contribution in [0.4, 0.5) is 0 Å². The monoisotopic (exact) mass is 268 g/mol. The standard InChI is InChI=1S/C16H32N2O/c1-18(12-13-19-14-15-6-7-15)11-5-3-2-4-10-17-16-8-9-16/h15-17H,2-14H2,1H3. The van der Waals surface area contributed by atoms with Crippen molar-refractivity contribution in [3.63, 3.8) is 0 Å². The predicted octanol–water partition coefficient (Wildman–Crippen LogP) is 2.66. The Morgan fingerprint density at radius 1 is 1.00 bits per heavy atom. The fraction of sp³-hybridized carbons (Fsp3) is 1.00. The fourth-order valence-corrected chi connectivity index (χ4v) is 2.32. The van der Waals surface area contributed by atoms with Gasteiger partial charge in [-0.1, -0.05) is 12.8 Å². The second-order valence-corrected chi connectivity index (χ2v) is 6.46. The van der Waals surface area contributed by atoms with E-state index in [4.69, 9.17) is 4.74 Å². The molecule has 0 aromatic carbocycles. The molecule has 3 nitrogen and oxygen atoms in total. The highest BCUT2D eigenvalue weighted by Gasteiger charge is 2.21. The Hall–Kier alpha value is -0.120. The lowest BCUT2D eigenvalue weighted by Gasteiger charge is -2.16. The second kappa shape index (κ2) is 8.93.